The Hall–Kier alpha value is -2.88. The number of hydrogen-bond acceptors (Lipinski definition) is 2. The van der Waals surface area contributed by atoms with Gasteiger partial charge in [-0.15, -0.1) is 0 Å². The van der Waals surface area contributed by atoms with Crippen molar-refractivity contribution in [3.8, 4) is 0 Å². The molecule has 3 rings (SSSR count). The number of nitrogens with one attached hydrogen (secondary N) is 1. The molecule has 1 N–H and O–H groups in total. The van der Waals surface area contributed by atoms with Crippen LogP contribution in [-0.4, -0.2) is 16.7 Å². The van der Waals surface area contributed by atoms with Crippen LogP contribution in [0.5, 0.6) is 0 Å². The van der Waals surface area contributed by atoms with Crippen LogP contribution in [0.2, 0.25) is 0 Å². The maximum Gasteiger partial charge on any atom is 0.226 e. The minimum Gasteiger partial charge on any atom is -0.326 e. The van der Waals surface area contributed by atoms with E-state index in [1.807, 2.05) is 54.6 Å². The smallest absolute Gasteiger partial charge is 0.226 e. The molecular formula is C23H26N2O2. The van der Waals surface area contributed by atoms with E-state index in [1.165, 1.54) is 12.5 Å². The molecule has 0 saturated carbocycles. The fourth-order valence-corrected chi connectivity index (χ4v) is 3.35. The van der Waals surface area contributed by atoms with Crippen molar-refractivity contribution >= 4 is 23.6 Å². The number of benzene rings is 2. The molecule has 0 radical (unpaired) electrons. The second kappa shape index (κ2) is 7.39. The van der Waals surface area contributed by atoms with Crippen LogP contribution in [0.4, 0.5) is 5.69 Å². The van der Waals surface area contributed by atoms with Crippen molar-refractivity contribution in [3.05, 3.63) is 71.4 Å². The zero-order chi connectivity index (χ0) is 19.6. The lowest BCUT2D eigenvalue weighted by atomic mass is 9.87. The summed E-state index contributed by atoms with van der Waals surface area (Å²) in [5.41, 5.74) is 4.09. The summed E-state index contributed by atoms with van der Waals surface area (Å²) in [6.45, 7) is 8.00. The molecule has 0 bridgehead atoms. The van der Waals surface area contributed by atoms with Gasteiger partial charge >= 0.3 is 0 Å². The van der Waals surface area contributed by atoms with Gasteiger partial charge in [0, 0.05) is 18.8 Å². The van der Waals surface area contributed by atoms with Gasteiger partial charge in [-0.25, -0.2) is 0 Å². The van der Waals surface area contributed by atoms with E-state index >= 15 is 0 Å². The lowest BCUT2D eigenvalue weighted by molar-refractivity contribution is -0.129. The molecule has 0 aromatic heterocycles. The van der Waals surface area contributed by atoms with Gasteiger partial charge < -0.3 is 10.2 Å². The Morgan fingerprint density at radius 1 is 1.04 bits per heavy atom. The van der Waals surface area contributed by atoms with Crippen LogP contribution in [0.1, 0.15) is 56.8 Å². The lowest BCUT2D eigenvalue weighted by Gasteiger charge is -2.32. The van der Waals surface area contributed by atoms with Crippen LogP contribution >= 0.6 is 0 Å². The summed E-state index contributed by atoms with van der Waals surface area (Å²) in [5, 5.41) is 2.96. The number of anilines is 1. The van der Waals surface area contributed by atoms with Crippen molar-refractivity contribution in [2.75, 3.05) is 5.32 Å². The zero-order valence-corrected chi connectivity index (χ0v) is 16.3. The normalized spacial score (nSPS) is 16.0. The van der Waals surface area contributed by atoms with Crippen molar-refractivity contribution in [3.63, 3.8) is 0 Å². The summed E-state index contributed by atoms with van der Waals surface area (Å²) in [7, 11) is 0. The van der Waals surface area contributed by atoms with Crippen molar-refractivity contribution in [1.29, 1.82) is 0 Å². The fraction of sp³-hybridized carbons (Fsp3) is 0.304. The molecule has 2 aromatic carbocycles. The van der Waals surface area contributed by atoms with E-state index in [2.05, 4.69) is 26.1 Å². The van der Waals surface area contributed by atoms with E-state index in [1.54, 1.807) is 11.1 Å². The molecule has 0 unspecified atom stereocenters. The standard InChI is InChI=1S/C23H26N2O2/c1-16(26)25-14-13-17-7-5-6-8-20(17)21(25)15-22(27)24-19-11-9-18(10-12-19)23(2,3)4/h5-14,21H,15H2,1-4H3,(H,24,27)/t21-/m1/s1. The van der Waals surface area contributed by atoms with Gasteiger partial charge in [-0.05, 0) is 40.3 Å². The number of hydrogen-bond donors (Lipinski definition) is 1. The van der Waals surface area contributed by atoms with Gasteiger partial charge in [-0.1, -0.05) is 57.2 Å². The van der Waals surface area contributed by atoms with Gasteiger partial charge in [-0.2, -0.15) is 0 Å². The Morgan fingerprint density at radius 3 is 2.33 bits per heavy atom. The molecular weight excluding hydrogens is 336 g/mol. The molecule has 1 aliphatic rings. The second-order valence-corrected chi connectivity index (χ2v) is 7.97. The monoisotopic (exact) mass is 362 g/mol. The van der Waals surface area contributed by atoms with Gasteiger partial charge in [0.2, 0.25) is 11.8 Å². The highest BCUT2D eigenvalue weighted by Crippen LogP contribution is 2.33. The summed E-state index contributed by atoms with van der Waals surface area (Å²) in [5.74, 6) is -0.187. The van der Waals surface area contributed by atoms with E-state index < -0.39 is 0 Å². The molecule has 2 amide bonds. The lowest BCUT2D eigenvalue weighted by Crippen LogP contribution is -2.33. The number of nitrogens with zero attached hydrogens (tertiary/aromatic N) is 1. The largest absolute Gasteiger partial charge is 0.326 e. The van der Waals surface area contributed by atoms with Gasteiger partial charge in [0.05, 0.1) is 12.5 Å². The average Bonchev–Trinajstić information content (AvgIpc) is 2.61. The molecule has 4 nitrogen and oxygen atoms in total. The van der Waals surface area contributed by atoms with Gasteiger partial charge in [0.15, 0.2) is 0 Å². The first-order valence-electron chi connectivity index (χ1n) is 9.22. The van der Waals surface area contributed by atoms with Crippen molar-refractivity contribution in [2.45, 2.75) is 45.6 Å². The highest BCUT2D eigenvalue weighted by molar-refractivity contribution is 5.92. The average molecular weight is 362 g/mol. The fourth-order valence-electron chi connectivity index (χ4n) is 3.35. The maximum atomic E-state index is 12.7. The molecule has 1 aliphatic heterocycles. The molecule has 1 heterocycles. The molecule has 0 saturated heterocycles. The minimum atomic E-state index is -0.294. The summed E-state index contributed by atoms with van der Waals surface area (Å²) in [6, 6.07) is 15.5. The van der Waals surface area contributed by atoms with Crippen LogP contribution in [0.15, 0.2) is 54.7 Å². The van der Waals surface area contributed by atoms with Crippen molar-refractivity contribution in [1.82, 2.24) is 4.90 Å². The van der Waals surface area contributed by atoms with Crippen LogP contribution in [-0.2, 0) is 15.0 Å². The third-order valence-corrected chi connectivity index (χ3v) is 4.88. The molecule has 0 fully saturated rings. The Kier molecular flexibility index (Phi) is 5.17. The molecule has 0 aliphatic carbocycles. The molecule has 140 valence electrons. The van der Waals surface area contributed by atoms with Crippen LogP contribution in [0, 0.1) is 0 Å². The quantitative estimate of drug-likeness (QED) is 0.845. The Bertz CT molecular complexity index is 876. The predicted molar refractivity (Wildman–Crippen MR) is 109 cm³/mol. The van der Waals surface area contributed by atoms with Crippen LogP contribution in [0.3, 0.4) is 0 Å². The number of rotatable bonds is 3. The summed E-state index contributed by atoms with van der Waals surface area (Å²) >= 11 is 0. The topological polar surface area (TPSA) is 49.4 Å². The van der Waals surface area contributed by atoms with E-state index in [0.717, 1.165) is 16.8 Å². The summed E-state index contributed by atoms with van der Waals surface area (Å²) < 4.78 is 0. The molecule has 27 heavy (non-hydrogen) atoms. The summed E-state index contributed by atoms with van der Waals surface area (Å²) in [4.78, 5) is 26.3. The highest BCUT2D eigenvalue weighted by Gasteiger charge is 2.28. The molecule has 2 aromatic rings. The molecule has 1 atom stereocenters. The second-order valence-electron chi connectivity index (χ2n) is 7.97. The third kappa shape index (κ3) is 4.27. The third-order valence-electron chi connectivity index (χ3n) is 4.88. The van der Waals surface area contributed by atoms with Crippen LogP contribution < -0.4 is 5.32 Å². The molecule has 0 spiro atoms. The van der Waals surface area contributed by atoms with Crippen molar-refractivity contribution in [2.24, 2.45) is 0 Å². The molecule has 4 heteroatoms. The van der Waals surface area contributed by atoms with Gasteiger partial charge in [0.1, 0.15) is 0 Å². The highest BCUT2D eigenvalue weighted by atomic mass is 16.2. The number of carbonyl (C=O) groups is 2. The predicted octanol–water partition coefficient (Wildman–Crippen LogP) is 4.89. The Balaban J connectivity index is 1.76. The van der Waals surface area contributed by atoms with E-state index in [9.17, 15) is 9.59 Å². The first kappa shape index (κ1) is 18.9. The minimum absolute atomic E-state index is 0.0721. The Morgan fingerprint density at radius 2 is 1.70 bits per heavy atom. The SMILES string of the molecule is CC(=O)N1C=Cc2ccccc2[C@H]1CC(=O)Nc1ccc(C(C)(C)C)cc1. The van der Waals surface area contributed by atoms with E-state index in [4.69, 9.17) is 0 Å². The van der Waals surface area contributed by atoms with Gasteiger partial charge in [-0.3, -0.25) is 9.59 Å². The van der Waals surface area contributed by atoms with E-state index in [0.29, 0.717) is 0 Å². The number of carbonyl (C=O) groups excluding carboxylic acids is 2. The maximum absolute atomic E-state index is 12.7. The summed E-state index contributed by atoms with van der Waals surface area (Å²) in [6.07, 6.45) is 3.89. The Labute approximate surface area is 160 Å². The number of amides is 2. The van der Waals surface area contributed by atoms with Crippen molar-refractivity contribution < 1.29 is 9.59 Å². The first-order valence-corrected chi connectivity index (χ1v) is 9.22. The van der Waals surface area contributed by atoms with Gasteiger partial charge in [0.25, 0.3) is 0 Å². The zero-order valence-electron chi connectivity index (χ0n) is 16.3. The van der Waals surface area contributed by atoms with Crippen LogP contribution in [0.25, 0.3) is 6.08 Å². The first-order chi connectivity index (χ1) is 12.8. The van der Waals surface area contributed by atoms with E-state index in [-0.39, 0.29) is 29.7 Å². The number of fused-ring (bicyclic) bond motifs is 1.